The zero-order valence-electron chi connectivity index (χ0n) is 12.4. The van der Waals surface area contributed by atoms with Crippen LogP contribution >= 0.6 is 0 Å². The molecule has 0 aliphatic heterocycles. The van der Waals surface area contributed by atoms with Crippen molar-refractivity contribution in [3.05, 3.63) is 23.8 Å². The van der Waals surface area contributed by atoms with E-state index >= 15 is 0 Å². The van der Waals surface area contributed by atoms with Crippen molar-refractivity contribution in [2.45, 2.75) is 17.9 Å². The molecule has 22 heavy (non-hydrogen) atoms. The fourth-order valence-corrected chi connectivity index (χ4v) is 2.86. The Morgan fingerprint density at radius 1 is 1.41 bits per heavy atom. The minimum atomic E-state index is -3.86. The summed E-state index contributed by atoms with van der Waals surface area (Å²) < 4.78 is 31.0. The first-order chi connectivity index (χ1) is 10.3. The number of rotatable bonds is 9. The maximum absolute atomic E-state index is 11.9. The summed E-state index contributed by atoms with van der Waals surface area (Å²) >= 11 is 0. The first-order valence-electron chi connectivity index (χ1n) is 6.55. The standard InChI is InChI=1S/C13H20N2O6S/c1-9(8-21-2)15-12-4-3-10(7-11(12)13(17)18)22(19,20)14-5-6-16/h3-4,7,9,14-16H,5-6,8H2,1-2H3,(H,17,18)/t9-/m0/s1. The number of carboxylic acid groups (broad SMARTS) is 1. The van der Waals surface area contributed by atoms with Gasteiger partial charge in [0.2, 0.25) is 10.0 Å². The zero-order chi connectivity index (χ0) is 16.8. The van der Waals surface area contributed by atoms with E-state index in [-0.39, 0.29) is 29.7 Å². The van der Waals surface area contributed by atoms with E-state index in [2.05, 4.69) is 10.0 Å². The van der Waals surface area contributed by atoms with Crippen LogP contribution in [0.3, 0.4) is 0 Å². The molecule has 1 aromatic carbocycles. The molecule has 1 aromatic rings. The number of methoxy groups -OCH3 is 1. The number of nitrogens with one attached hydrogen (secondary N) is 2. The number of benzene rings is 1. The largest absolute Gasteiger partial charge is 0.478 e. The van der Waals surface area contributed by atoms with Crippen molar-refractivity contribution < 1.29 is 28.2 Å². The van der Waals surface area contributed by atoms with E-state index in [1.807, 2.05) is 6.92 Å². The molecule has 1 atom stereocenters. The third kappa shape index (κ3) is 4.95. The van der Waals surface area contributed by atoms with Crippen LogP contribution in [0.2, 0.25) is 0 Å². The Kier molecular flexibility index (Phi) is 6.75. The molecule has 124 valence electrons. The molecular formula is C13H20N2O6S. The van der Waals surface area contributed by atoms with Crippen molar-refractivity contribution in [2.75, 3.05) is 32.2 Å². The fraction of sp³-hybridized carbons (Fsp3) is 0.462. The van der Waals surface area contributed by atoms with Gasteiger partial charge in [0, 0.05) is 25.4 Å². The predicted molar refractivity (Wildman–Crippen MR) is 80.6 cm³/mol. The molecule has 4 N–H and O–H groups in total. The highest BCUT2D eigenvalue weighted by atomic mass is 32.2. The van der Waals surface area contributed by atoms with Gasteiger partial charge in [-0.25, -0.2) is 17.9 Å². The van der Waals surface area contributed by atoms with Gasteiger partial charge in [0.25, 0.3) is 0 Å². The third-order valence-corrected chi connectivity index (χ3v) is 4.21. The molecule has 0 unspecified atom stereocenters. The molecule has 1 rings (SSSR count). The monoisotopic (exact) mass is 332 g/mol. The smallest absolute Gasteiger partial charge is 0.337 e. The number of aliphatic hydroxyl groups is 1. The average molecular weight is 332 g/mol. The summed E-state index contributed by atoms with van der Waals surface area (Å²) in [4.78, 5) is 11.2. The molecule has 9 heteroatoms. The van der Waals surface area contributed by atoms with E-state index in [4.69, 9.17) is 9.84 Å². The summed E-state index contributed by atoms with van der Waals surface area (Å²) in [6.45, 7) is 1.69. The van der Waals surface area contributed by atoms with Crippen molar-refractivity contribution in [1.82, 2.24) is 4.72 Å². The van der Waals surface area contributed by atoms with Gasteiger partial charge >= 0.3 is 5.97 Å². The molecule has 0 heterocycles. The topological polar surface area (TPSA) is 125 Å². The number of hydrogen-bond acceptors (Lipinski definition) is 6. The molecule has 8 nitrogen and oxygen atoms in total. The lowest BCUT2D eigenvalue weighted by Crippen LogP contribution is -2.27. The molecule has 0 aliphatic rings. The molecule has 0 saturated carbocycles. The zero-order valence-corrected chi connectivity index (χ0v) is 13.2. The Bertz CT molecular complexity index is 617. The Morgan fingerprint density at radius 3 is 2.64 bits per heavy atom. The Balaban J connectivity index is 3.12. The molecule has 0 aliphatic carbocycles. The van der Waals surface area contributed by atoms with Gasteiger partial charge in [0.05, 0.1) is 23.7 Å². The normalized spacial score (nSPS) is 12.9. The van der Waals surface area contributed by atoms with Crippen LogP contribution in [-0.2, 0) is 14.8 Å². The summed E-state index contributed by atoms with van der Waals surface area (Å²) in [5.74, 6) is -1.24. The molecule has 0 spiro atoms. The highest BCUT2D eigenvalue weighted by molar-refractivity contribution is 7.89. The van der Waals surface area contributed by atoms with Gasteiger partial charge in [0.1, 0.15) is 0 Å². The van der Waals surface area contributed by atoms with Gasteiger partial charge in [-0.2, -0.15) is 0 Å². The van der Waals surface area contributed by atoms with Crippen LogP contribution in [0.5, 0.6) is 0 Å². The lowest BCUT2D eigenvalue weighted by Gasteiger charge is -2.17. The number of aliphatic hydroxyl groups excluding tert-OH is 1. The number of aromatic carboxylic acids is 1. The minimum absolute atomic E-state index is 0.141. The van der Waals surface area contributed by atoms with Crippen LogP contribution in [0, 0.1) is 0 Å². The summed E-state index contributed by atoms with van der Waals surface area (Å²) in [6, 6.07) is 3.62. The van der Waals surface area contributed by atoms with E-state index in [1.54, 1.807) is 0 Å². The van der Waals surface area contributed by atoms with Crippen molar-refractivity contribution in [1.29, 1.82) is 0 Å². The molecule has 0 saturated heterocycles. The van der Waals surface area contributed by atoms with Crippen molar-refractivity contribution in [3.8, 4) is 0 Å². The highest BCUT2D eigenvalue weighted by Crippen LogP contribution is 2.21. The molecule has 0 aromatic heterocycles. The second-order valence-electron chi connectivity index (χ2n) is 4.63. The summed E-state index contributed by atoms with van der Waals surface area (Å²) in [5, 5.41) is 20.9. The van der Waals surface area contributed by atoms with E-state index in [1.165, 1.54) is 19.2 Å². The maximum atomic E-state index is 11.9. The van der Waals surface area contributed by atoms with Crippen LogP contribution in [0.15, 0.2) is 23.1 Å². The van der Waals surface area contributed by atoms with Crippen LogP contribution < -0.4 is 10.0 Å². The summed E-state index contributed by atoms with van der Waals surface area (Å²) in [7, 11) is -2.33. The molecule has 0 amide bonds. The SMILES string of the molecule is COC[C@H](C)Nc1ccc(S(=O)(=O)NCCO)cc1C(=O)O. The fourth-order valence-electron chi connectivity index (χ4n) is 1.81. The first-order valence-corrected chi connectivity index (χ1v) is 8.03. The van der Waals surface area contributed by atoms with E-state index in [0.29, 0.717) is 12.3 Å². The summed E-state index contributed by atoms with van der Waals surface area (Å²) in [6.07, 6.45) is 0. The van der Waals surface area contributed by atoms with Crippen LogP contribution in [0.1, 0.15) is 17.3 Å². The summed E-state index contributed by atoms with van der Waals surface area (Å²) in [5.41, 5.74) is 0.146. The van der Waals surface area contributed by atoms with E-state index in [0.717, 1.165) is 6.07 Å². The Morgan fingerprint density at radius 2 is 2.09 bits per heavy atom. The van der Waals surface area contributed by atoms with Gasteiger partial charge in [-0.15, -0.1) is 0 Å². The Hall–Kier alpha value is -1.68. The molecule has 0 bridgehead atoms. The number of carbonyl (C=O) groups is 1. The average Bonchev–Trinajstić information content (AvgIpc) is 2.45. The lowest BCUT2D eigenvalue weighted by atomic mass is 10.1. The number of anilines is 1. The van der Waals surface area contributed by atoms with Crippen molar-refractivity contribution in [2.24, 2.45) is 0 Å². The number of sulfonamides is 1. The molecule has 0 radical (unpaired) electrons. The number of ether oxygens (including phenoxy) is 1. The van der Waals surface area contributed by atoms with Crippen LogP contribution in [0.4, 0.5) is 5.69 Å². The number of hydrogen-bond donors (Lipinski definition) is 4. The van der Waals surface area contributed by atoms with Gasteiger partial charge in [0.15, 0.2) is 0 Å². The second kappa shape index (κ2) is 8.08. The van der Waals surface area contributed by atoms with Gasteiger partial charge in [-0.3, -0.25) is 0 Å². The second-order valence-corrected chi connectivity index (χ2v) is 6.40. The van der Waals surface area contributed by atoms with Crippen LogP contribution in [-0.4, -0.2) is 57.5 Å². The van der Waals surface area contributed by atoms with Crippen molar-refractivity contribution in [3.63, 3.8) is 0 Å². The van der Waals surface area contributed by atoms with E-state index < -0.39 is 16.0 Å². The Labute approximate surface area is 129 Å². The molecule has 0 fully saturated rings. The van der Waals surface area contributed by atoms with Gasteiger partial charge in [-0.05, 0) is 25.1 Å². The molecular weight excluding hydrogens is 312 g/mol. The van der Waals surface area contributed by atoms with Crippen LogP contribution in [0.25, 0.3) is 0 Å². The maximum Gasteiger partial charge on any atom is 0.337 e. The third-order valence-electron chi connectivity index (χ3n) is 2.75. The quantitative estimate of drug-likeness (QED) is 0.505. The lowest BCUT2D eigenvalue weighted by molar-refractivity contribution is 0.0697. The van der Waals surface area contributed by atoms with Crippen molar-refractivity contribution >= 4 is 21.7 Å². The predicted octanol–water partition coefficient (Wildman–Crippen LogP) is 0.102. The first kappa shape index (κ1) is 18.4. The highest BCUT2D eigenvalue weighted by Gasteiger charge is 2.19. The van der Waals surface area contributed by atoms with E-state index in [9.17, 15) is 18.3 Å². The van der Waals surface area contributed by atoms with Gasteiger partial charge in [-0.1, -0.05) is 0 Å². The number of carboxylic acids is 1. The minimum Gasteiger partial charge on any atom is -0.478 e. The van der Waals surface area contributed by atoms with Gasteiger partial charge < -0.3 is 20.3 Å².